The Hall–Kier alpha value is -3.80. The van der Waals surface area contributed by atoms with Gasteiger partial charge in [0.1, 0.15) is 5.75 Å². The molecular weight excluding hydrogens is 366 g/mol. The van der Waals surface area contributed by atoms with E-state index in [1.807, 2.05) is 55.5 Å². The average molecular weight is 387 g/mol. The number of aryl methyl sites for hydroxylation is 1. The van der Waals surface area contributed by atoms with Gasteiger partial charge in [-0.3, -0.25) is 10.1 Å². The minimum atomic E-state index is -0.389. The molecule has 4 aromatic rings. The summed E-state index contributed by atoms with van der Waals surface area (Å²) in [5, 5.41) is 15.8. The van der Waals surface area contributed by atoms with E-state index in [9.17, 15) is 10.1 Å². The second kappa shape index (κ2) is 7.67. The summed E-state index contributed by atoms with van der Waals surface area (Å²) < 4.78 is 5.62. The molecule has 0 amide bonds. The van der Waals surface area contributed by atoms with Gasteiger partial charge in [0.25, 0.3) is 5.69 Å². The number of nitrogens with zero attached hydrogens (tertiary/aromatic N) is 1. The normalized spacial score (nSPS) is 11.9. The lowest BCUT2D eigenvalue weighted by Crippen LogP contribution is -2.14. The quantitative estimate of drug-likeness (QED) is 0.334. The van der Waals surface area contributed by atoms with Crippen LogP contribution in [0.3, 0.4) is 0 Å². The van der Waals surface area contributed by atoms with E-state index in [1.54, 1.807) is 19.2 Å². The van der Waals surface area contributed by atoms with Crippen molar-refractivity contribution in [3.8, 4) is 5.75 Å². The number of anilines is 1. The summed E-state index contributed by atoms with van der Waals surface area (Å²) in [4.78, 5) is 14.3. The topological polar surface area (TPSA) is 80.2 Å². The maximum Gasteiger partial charge on any atom is 0.271 e. The minimum absolute atomic E-state index is 0.0458. The minimum Gasteiger partial charge on any atom is -0.496 e. The number of nitro groups is 1. The number of ether oxygens (including phenoxy) is 1. The average Bonchev–Trinajstić information content (AvgIpc) is 3.08. The Labute approximate surface area is 168 Å². The number of aromatic nitrogens is 1. The van der Waals surface area contributed by atoms with Gasteiger partial charge < -0.3 is 15.0 Å². The summed E-state index contributed by atoms with van der Waals surface area (Å²) in [6.45, 7) is 2.03. The first-order chi connectivity index (χ1) is 14.1. The Morgan fingerprint density at radius 2 is 1.79 bits per heavy atom. The molecule has 3 aromatic carbocycles. The molecular formula is C23H21N3O3. The third-order valence-corrected chi connectivity index (χ3v) is 5.05. The molecule has 0 saturated heterocycles. The summed E-state index contributed by atoms with van der Waals surface area (Å²) in [5.74, 6) is 0.750. The van der Waals surface area contributed by atoms with E-state index in [1.165, 1.54) is 6.07 Å². The third kappa shape index (κ3) is 3.52. The molecule has 146 valence electrons. The van der Waals surface area contributed by atoms with Crippen molar-refractivity contribution >= 4 is 22.3 Å². The van der Waals surface area contributed by atoms with Gasteiger partial charge in [-0.05, 0) is 25.1 Å². The van der Waals surface area contributed by atoms with Crippen molar-refractivity contribution < 1.29 is 9.66 Å². The predicted molar refractivity (Wildman–Crippen MR) is 115 cm³/mol. The number of nitrogens with one attached hydrogen (secondary N) is 2. The summed E-state index contributed by atoms with van der Waals surface area (Å²) in [5.41, 5.74) is 4.82. The highest BCUT2D eigenvalue weighted by molar-refractivity contribution is 5.86. The SMILES string of the molecule is COc1ccccc1[C@@H](Nc1cccc([N+](=O)[O-])c1)c1c(C)[nH]c2ccccc12. The first kappa shape index (κ1) is 18.6. The van der Waals surface area contributed by atoms with E-state index >= 15 is 0 Å². The first-order valence-corrected chi connectivity index (χ1v) is 9.29. The highest BCUT2D eigenvalue weighted by atomic mass is 16.6. The van der Waals surface area contributed by atoms with E-state index in [0.717, 1.165) is 33.5 Å². The summed E-state index contributed by atoms with van der Waals surface area (Å²) in [6, 6.07) is 22.2. The van der Waals surface area contributed by atoms with Gasteiger partial charge in [0, 0.05) is 45.5 Å². The van der Waals surface area contributed by atoms with Gasteiger partial charge in [0.2, 0.25) is 0 Å². The number of H-pyrrole nitrogens is 1. The standard InChI is InChI=1S/C23H21N3O3/c1-15-22(18-10-3-5-12-20(18)24-15)23(19-11-4-6-13-21(19)29-2)25-16-8-7-9-17(14-16)26(27)28/h3-14,23-25H,1-2H3/t23-/m1/s1. The Kier molecular flexibility index (Phi) is 4.91. The fourth-order valence-electron chi connectivity index (χ4n) is 3.76. The van der Waals surface area contributed by atoms with Crippen molar-refractivity contribution in [2.24, 2.45) is 0 Å². The number of benzene rings is 3. The molecule has 0 bridgehead atoms. The fraction of sp³-hybridized carbons (Fsp3) is 0.130. The number of hydrogen-bond donors (Lipinski definition) is 2. The molecule has 0 fully saturated rings. The van der Waals surface area contributed by atoms with Crippen LogP contribution in [0.25, 0.3) is 10.9 Å². The molecule has 1 aromatic heterocycles. The Morgan fingerprint density at radius 3 is 2.59 bits per heavy atom. The molecule has 2 N–H and O–H groups in total. The van der Waals surface area contributed by atoms with E-state index < -0.39 is 0 Å². The van der Waals surface area contributed by atoms with E-state index in [2.05, 4.69) is 16.4 Å². The summed E-state index contributed by atoms with van der Waals surface area (Å²) in [7, 11) is 1.64. The second-order valence-corrected chi connectivity index (χ2v) is 6.84. The van der Waals surface area contributed by atoms with E-state index in [-0.39, 0.29) is 16.7 Å². The molecule has 4 rings (SSSR count). The van der Waals surface area contributed by atoms with Gasteiger partial charge in [-0.25, -0.2) is 0 Å². The maximum absolute atomic E-state index is 11.2. The summed E-state index contributed by atoms with van der Waals surface area (Å²) >= 11 is 0. The van der Waals surface area contributed by atoms with Gasteiger partial charge in [0.05, 0.1) is 18.1 Å². The van der Waals surface area contributed by atoms with Crippen LogP contribution in [0.5, 0.6) is 5.75 Å². The van der Waals surface area contributed by atoms with Gasteiger partial charge in [0.15, 0.2) is 0 Å². The monoisotopic (exact) mass is 387 g/mol. The van der Waals surface area contributed by atoms with Crippen LogP contribution in [0.2, 0.25) is 0 Å². The first-order valence-electron chi connectivity index (χ1n) is 9.29. The lowest BCUT2D eigenvalue weighted by atomic mass is 9.95. The Morgan fingerprint density at radius 1 is 1.03 bits per heavy atom. The van der Waals surface area contributed by atoms with Crippen molar-refractivity contribution in [1.29, 1.82) is 0 Å². The maximum atomic E-state index is 11.2. The lowest BCUT2D eigenvalue weighted by molar-refractivity contribution is -0.384. The van der Waals surface area contributed by atoms with Gasteiger partial charge in [-0.2, -0.15) is 0 Å². The van der Waals surface area contributed by atoms with Gasteiger partial charge >= 0.3 is 0 Å². The van der Waals surface area contributed by atoms with Crippen molar-refractivity contribution in [2.75, 3.05) is 12.4 Å². The number of hydrogen-bond acceptors (Lipinski definition) is 4. The zero-order chi connectivity index (χ0) is 20.4. The number of fused-ring (bicyclic) bond motifs is 1. The molecule has 0 aliphatic heterocycles. The third-order valence-electron chi connectivity index (χ3n) is 5.05. The van der Waals surface area contributed by atoms with Crippen molar-refractivity contribution in [1.82, 2.24) is 4.98 Å². The van der Waals surface area contributed by atoms with Crippen LogP contribution >= 0.6 is 0 Å². The largest absolute Gasteiger partial charge is 0.496 e. The molecule has 1 atom stereocenters. The highest BCUT2D eigenvalue weighted by Crippen LogP contribution is 2.38. The lowest BCUT2D eigenvalue weighted by Gasteiger charge is -2.23. The smallest absolute Gasteiger partial charge is 0.271 e. The number of nitro benzene ring substituents is 1. The van der Waals surface area contributed by atoms with Crippen molar-refractivity contribution in [2.45, 2.75) is 13.0 Å². The zero-order valence-corrected chi connectivity index (χ0v) is 16.2. The molecule has 1 heterocycles. The Bertz CT molecular complexity index is 1180. The molecule has 0 aliphatic rings. The van der Waals surface area contributed by atoms with Crippen LogP contribution in [-0.4, -0.2) is 17.0 Å². The van der Waals surface area contributed by atoms with Crippen LogP contribution in [0.1, 0.15) is 22.9 Å². The van der Waals surface area contributed by atoms with Crippen LogP contribution in [0.15, 0.2) is 72.8 Å². The van der Waals surface area contributed by atoms with Crippen molar-refractivity contribution in [3.05, 3.63) is 99.7 Å². The van der Waals surface area contributed by atoms with Crippen LogP contribution < -0.4 is 10.1 Å². The number of non-ortho nitro benzene ring substituents is 1. The van der Waals surface area contributed by atoms with Gasteiger partial charge in [-0.15, -0.1) is 0 Å². The number of rotatable bonds is 6. The van der Waals surface area contributed by atoms with E-state index in [4.69, 9.17) is 4.74 Å². The van der Waals surface area contributed by atoms with Gasteiger partial charge in [-0.1, -0.05) is 42.5 Å². The molecule has 6 nitrogen and oxygen atoms in total. The number of aromatic amines is 1. The molecule has 0 spiro atoms. The highest BCUT2D eigenvalue weighted by Gasteiger charge is 2.24. The van der Waals surface area contributed by atoms with Crippen LogP contribution in [0.4, 0.5) is 11.4 Å². The second-order valence-electron chi connectivity index (χ2n) is 6.84. The Balaban J connectivity index is 1.89. The molecule has 0 radical (unpaired) electrons. The fourth-order valence-corrected chi connectivity index (χ4v) is 3.76. The summed E-state index contributed by atoms with van der Waals surface area (Å²) in [6.07, 6.45) is 0. The predicted octanol–water partition coefficient (Wildman–Crippen LogP) is 5.59. The zero-order valence-electron chi connectivity index (χ0n) is 16.2. The molecule has 29 heavy (non-hydrogen) atoms. The van der Waals surface area contributed by atoms with E-state index in [0.29, 0.717) is 5.69 Å². The molecule has 0 unspecified atom stereocenters. The number of methoxy groups -OCH3 is 1. The number of para-hydroxylation sites is 2. The van der Waals surface area contributed by atoms with Crippen molar-refractivity contribution in [3.63, 3.8) is 0 Å². The van der Waals surface area contributed by atoms with Crippen LogP contribution in [-0.2, 0) is 0 Å². The molecule has 6 heteroatoms. The molecule has 0 aliphatic carbocycles. The van der Waals surface area contributed by atoms with Crippen LogP contribution in [0, 0.1) is 17.0 Å². The molecule has 0 saturated carbocycles.